The van der Waals surface area contributed by atoms with Gasteiger partial charge >= 0.3 is 5.97 Å². The summed E-state index contributed by atoms with van der Waals surface area (Å²) in [7, 11) is 0. The lowest BCUT2D eigenvalue weighted by molar-refractivity contribution is -0.132. The Morgan fingerprint density at radius 2 is 2.38 bits per heavy atom. The third-order valence-electron chi connectivity index (χ3n) is 2.30. The van der Waals surface area contributed by atoms with Crippen molar-refractivity contribution in [2.45, 2.75) is 19.9 Å². The maximum atomic E-state index is 10.5. The fraction of sp³-hybridized carbons (Fsp3) is 0.333. The normalized spacial score (nSPS) is 13.5. The number of nitrogens with one attached hydrogen (secondary N) is 1. The summed E-state index contributed by atoms with van der Waals surface area (Å²) in [6.07, 6.45) is 3.40. The van der Waals surface area contributed by atoms with Crippen molar-refractivity contribution in [1.82, 2.24) is 10.3 Å². The van der Waals surface area contributed by atoms with Gasteiger partial charge in [0.2, 0.25) is 0 Å². The molecule has 0 saturated heterocycles. The van der Waals surface area contributed by atoms with Crippen molar-refractivity contribution in [2.24, 2.45) is 0 Å². The average molecular weight is 220 g/mol. The maximum Gasteiger partial charge on any atom is 0.330 e. The van der Waals surface area contributed by atoms with E-state index in [1.165, 1.54) is 0 Å². The Hall–Kier alpha value is -1.68. The maximum absolute atomic E-state index is 10.5. The van der Waals surface area contributed by atoms with Gasteiger partial charge in [-0.25, -0.2) is 4.79 Å². The summed E-state index contributed by atoms with van der Waals surface area (Å²) in [6.45, 7) is 4.09. The van der Waals surface area contributed by atoms with Crippen LogP contribution in [0.4, 0.5) is 0 Å². The molecule has 2 N–H and O–H groups in total. The summed E-state index contributed by atoms with van der Waals surface area (Å²) in [5, 5.41) is 11.8. The van der Waals surface area contributed by atoms with E-state index in [0.29, 0.717) is 12.1 Å². The van der Waals surface area contributed by atoms with Crippen LogP contribution in [0, 0.1) is 0 Å². The highest BCUT2D eigenvalue weighted by Gasteiger charge is 2.04. The van der Waals surface area contributed by atoms with Crippen molar-refractivity contribution in [3.63, 3.8) is 0 Å². The highest BCUT2D eigenvalue weighted by Crippen LogP contribution is 2.07. The largest absolute Gasteiger partial charge is 0.478 e. The van der Waals surface area contributed by atoms with Gasteiger partial charge in [0.15, 0.2) is 0 Å². The summed E-state index contributed by atoms with van der Waals surface area (Å²) < 4.78 is 0. The molecule has 0 spiro atoms. The Morgan fingerprint density at radius 1 is 1.62 bits per heavy atom. The predicted octanol–water partition coefficient (Wildman–Crippen LogP) is 1.76. The van der Waals surface area contributed by atoms with Crippen LogP contribution in [0.15, 0.2) is 36.0 Å². The molecule has 0 fully saturated rings. The first-order valence-corrected chi connectivity index (χ1v) is 5.15. The Labute approximate surface area is 95.0 Å². The minimum absolute atomic E-state index is 0.110. The van der Waals surface area contributed by atoms with E-state index in [1.54, 1.807) is 19.2 Å². The van der Waals surface area contributed by atoms with Crippen molar-refractivity contribution in [2.75, 3.05) is 6.54 Å². The minimum atomic E-state index is -0.882. The van der Waals surface area contributed by atoms with Gasteiger partial charge in [0.1, 0.15) is 0 Å². The summed E-state index contributed by atoms with van der Waals surface area (Å²) in [4.78, 5) is 14.7. The summed E-state index contributed by atoms with van der Waals surface area (Å²) in [5.41, 5.74) is 1.30. The number of pyridine rings is 1. The van der Waals surface area contributed by atoms with Gasteiger partial charge < -0.3 is 10.4 Å². The smallest absolute Gasteiger partial charge is 0.330 e. The number of carboxylic acids is 1. The van der Waals surface area contributed by atoms with E-state index in [9.17, 15) is 4.79 Å². The van der Waals surface area contributed by atoms with Gasteiger partial charge in [-0.3, -0.25) is 4.98 Å². The number of aliphatic carboxylic acids is 1. The topological polar surface area (TPSA) is 62.2 Å². The predicted molar refractivity (Wildman–Crippen MR) is 62.0 cm³/mol. The van der Waals surface area contributed by atoms with Crippen molar-refractivity contribution in [3.05, 3.63) is 41.7 Å². The first-order valence-electron chi connectivity index (χ1n) is 5.15. The first kappa shape index (κ1) is 12.4. The van der Waals surface area contributed by atoms with Crippen LogP contribution < -0.4 is 5.32 Å². The molecule has 1 heterocycles. The molecule has 0 aromatic carbocycles. The van der Waals surface area contributed by atoms with Gasteiger partial charge in [-0.1, -0.05) is 12.1 Å². The van der Waals surface area contributed by atoms with Gasteiger partial charge in [-0.05, 0) is 26.0 Å². The lowest BCUT2D eigenvalue weighted by atomic mass is 10.2. The highest BCUT2D eigenvalue weighted by atomic mass is 16.4. The summed E-state index contributed by atoms with van der Waals surface area (Å²) >= 11 is 0. The van der Waals surface area contributed by atoms with Crippen LogP contribution in [0.2, 0.25) is 0 Å². The molecule has 16 heavy (non-hydrogen) atoms. The second-order valence-electron chi connectivity index (χ2n) is 3.58. The van der Waals surface area contributed by atoms with Crippen LogP contribution >= 0.6 is 0 Å². The fourth-order valence-corrected chi connectivity index (χ4v) is 1.21. The van der Waals surface area contributed by atoms with E-state index in [-0.39, 0.29) is 6.04 Å². The monoisotopic (exact) mass is 220 g/mol. The molecule has 0 radical (unpaired) electrons. The lowest BCUT2D eigenvalue weighted by Gasteiger charge is -2.11. The van der Waals surface area contributed by atoms with Gasteiger partial charge in [-0.2, -0.15) is 0 Å². The number of hydrogen-bond donors (Lipinski definition) is 2. The quantitative estimate of drug-likeness (QED) is 0.742. The molecule has 0 saturated carbocycles. The summed E-state index contributed by atoms with van der Waals surface area (Å²) in [6, 6.07) is 5.84. The Bertz CT molecular complexity index is 374. The molecule has 4 nitrogen and oxygen atoms in total. The van der Waals surface area contributed by atoms with Crippen LogP contribution in [-0.4, -0.2) is 22.6 Å². The van der Waals surface area contributed by atoms with E-state index in [1.807, 2.05) is 25.1 Å². The molecule has 4 heteroatoms. The molecule has 1 aromatic rings. The van der Waals surface area contributed by atoms with E-state index >= 15 is 0 Å². The van der Waals surface area contributed by atoms with Crippen molar-refractivity contribution >= 4 is 5.97 Å². The Balaban J connectivity index is 2.45. The SMILES string of the molecule is C/C(=C/CN[C@H](C)c1ccccn1)C(=O)O. The van der Waals surface area contributed by atoms with E-state index < -0.39 is 5.97 Å². The number of rotatable bonds is 5. The van der Waals surface area contributed by atoms with Crippen molar-refractivity contribution in [3.8, 4) is 0 Å². The molecular formula is C12H16N2O2. The fourth-order valence-electron chi connectivity index (χ4n) is 1.21. The van der Waals surface area contributed by atoms with Crippen molar-refractivity contribution < 1.29 is 9.90 Å². The molecule has 0 aliphatic rings. The molecule has 0 aliphatic heterocycles. The van der Waals surface area contributed by atoms with Gasteiger partial charge in [-0.15, -0.1) is 0 Å². The van der Waals surface area contributed by atoms with Gasteiger partial charge in [0.05, 0.1) is 5.69 Å². The molecule has 1 atom stereocenters. The van der Waals surface area contributed by atoms with Gasteiger partial charge in [0, 0.05) is 24.4 Å². The molecule has 0 amide bonds. The zero-order valence-electron chi connectivity index (χ0n) is 9.47. The number of carboxylic acid groups (broad SMARTS) is 1. The van der Waals surface area contributed by atoms with Crippen LogP contribution in [0.1, 0.15) is 25.6 Å². The zero-order chi connectivity index (χ0) is 12.0. The number of nitrogens with zero attached hydrogens (tertiary/aromatic N) is 1. The van der Waals surface area contributed by atoms with Crippen LogP contribution in [-0.2, 0) is 4.79 Å². The van der Waals surface area contributed by atoms with Gasteiger partial charge in [0.25, 0.3) is 0 Å². The Morgan fingerprint density at radius 3 is 2.94 bits per heavy atom. The van der Waals surface area contributed by atoms with Crippen LogP contribution in [0.25, 0.3) is 0 Å². The average Bonchev–Trinajstić information content (AvgIpc) is 2.29. The zero-order valence-corrected chi connectivity index (χ0v) is 9.47. The van der Waals surface area contributed by atoms with Crippen LogP contribution in [0.5, 0.6) is 0 Å². The first-order chi connectivity index (χ1) is 7.61. The molecule has 1 aromatic heterocycles. The highest BCUT2D eigenvalue weighted by molar-refractivity contribution is 5.85. The minimum Gasteiger partial charge on any atom is -0.478 e. The van der Waals surface area contributed by atoms with Crippen LogP contribution in [0.3, 0.4) is 0 Å². The molecule has 0 unspecified atom stereocenters. The molecule has 1 rings (SSSR count). The second-order valence-corrected chi connectivity index (χ2v) is 3.58. The van der Waals surface area contributed by atoms with E-state index in [4.69, 9.17) is 5.11 Å². The van der Waals surface area contributed by atoms with E-state index in [2.05, 4.69) is 10.3 Å². The Kier molecular flexibility index (Phi) is 4.66. The number of aromatic nitrogens is 1. The summed E-state index contributed by atoms with van der Waals surface area (Å²) in [5.74, 6) is -0.882. The number of carbonyl (C=O) groups is 1. The third kappa shape index (κ3) is 3.82. The molecular weight excluding hydrogens is 204 g/mol. The number of hydrogen-bond acceptors (Lipinski definition) is 3. The third-order valence-corrected chi connectivity index (χ3v) is 2.30. The molecule has 0 bridgehead atoms. The lowest BCUT2D eigenvalue weighted by Crippen LogP contribution is -2.20. The molecule has 0 aliphatic carbocycles. The standard InChI is InChI=1S/C12H16N2O2/c1-9(12(15)16)6-8-13-10(2)11-5-3-4-7-14-11/h3-7,10,13H,8H2,1-2H3,(H,15,16)/b9-6-/t10-/m1/s1. The van der Waals surface area contributed by atoms with Crippen molar-refractivity contribution in [1.29, 1.82) is 0 Å². The van der Waals surface area contributed by atoms with E-state index in [0.717, 1.165) is 5.69 Å². The molecule has 86 valence electrons. The second kappa shape index (κ2) is 6.02.